The Morgan fingerprint density at radius 1 is 1.46 bits per heavy atom. The van der Waals surface area contributed by atoms with Gasteiger partial charge in [-0.15, -0.1) is 0 Å². The van der Waals surface area contributed by atoms with Gasteiger partial charge in [0.2, 0.25) is 0 Å². The van der Waals surface area contributed by atoms with Gasteiger partial charge in [0.25, 0.3) is 0 Å². The maximum Gasteiger partial charge on any atom is 0.0192 e. The Labute approximate surface area is 82.0 Å². The van der Waals surface area contributed by atoms with Crippen molar-refractivity contribution in [3.8, 4) is 0 Å². The first-order valence-electron chi connectivity index (χ1n) is 5.29. The van der Waals surface area contributed by atoms with Crippen LogP contribution in [0.3, 0.4) is 0 Å². The lowest BCUT2D eigenvalue weighted by Crippen LogP contribution is -2.38. The molecule has 1 heterocycles. The predicted molar refractivity (Wildman–Crippen MR) is 58.0 cm³/mol. The third-order valence-electron chi connectivity index (χ3n) is 2.63. The highest BCUT2D eigenvalue weighted by Gasteiger charge is 2.16. The molecular formula is C11H22N2. The lowest BCUT2D eigenvalue weighted by molar-refractivity contribution is 0.253. The number of nitrogens with zero attached hydrogens (tertiary/aromatic N) is 1. The van der Waals surface area contributed by atoms with Crippen LogP contribution in [0.4, 0.5) is 0 Å². The summed E-state index contributed by atoms with van der Waals surface area (Å²) < 4.78 is 0. The van der Waals surface area contributed by atoms with Gasteiger partial charge in [0.15, 0.2) is 0 Å². The van der Waals surface area contributed by atoms with Crippen molar-refractivity contribution in [3.05, 3.63) is 12.2 Å². The summed E-state index contributed by atoms with van der Waals surface area (Å²) in [5.41, 5.74) is 1.22. The third kappa shape index (κ3) is 3.92. The van der Waals surface area contributed by atoms with Crippen molar-refractivity contribution in [3.63, 3.8) is 0 Å². The van der Waals surface area contributed by atoms with E-state index < -0.39 is 0 Å². The van der Waals surface area contributed by atoms with Crippen LogP contribution in [0.15, 0.2) is 12.2 Å². The van der Waals surface area contributed by atoms with E-state index in [-0.39, 0.29) is 0 Å². The molecular weight excluding hydrogens is 160 g/mol. The molecule has 1 unspecified atom stereocenters. The zero-order valence-electron chi connectivity index (χ0n) is 8.97. The Bertz CT molecular complexity index is 159. The first-order chi connectivity index (χ1) is 6.20. The number of nitrogens with one attached hydrogen (secondary N) is 1. The molecule has 0 aromatic heterocycles. The third-order valence-corrected chi connectivity index (χ3v) is 2.63. The van der Waals surface area contributed by atoms with Crippen LogP contribution in [0.5, 0.6) is 0 Å². The molecule has 1 atom stereocenters. The monoisotopic (exact) mass is 182 g/mol. The first kappa shape index (κ1) is 10.7. The van der Waals surface area contributed by atoms with Crippen molar-refractivity contribution in [2.45, 2.75) is 32.7 Å². The van der Waals surface area contributed by atoms with Crippen LogP contribution < -0.4 is 5.32 Å². The first-order valence-corrected chi connectivity index (χ1v) is 5.29. The number of hydrogen-bond acceptors (Lipinski definition) is 2. The second kappa shape index (κ2) is 5.40. The fraction of sp³-hybridized carbons (Fsp3) is 0.818. The van der Waals surface area contributed by atoms with Crippen LogP contribution in [0.1, 0.15) is 26.7 Å². The zero-order valence-corrected chi connectivity index (χ0v) is 8.97. The van der Waals surface area contributed by atoms with Crippen molar-refractivity contribution < 1.29 is 0 Å². The van der Waals surface area contributed by atoms with Gasteiger partial charge in [-0.2, -0.15) is 0 Å². The summed E-state index contributed by atoms with van der Waals surface area (Å²) >= 11 is 0. The molecule has 0 amide bonds. The summed E-state index contributed by atoms with van der Waals surface area (Å²) in [7, 11) is 0. The van der Waals surface area contributed by atoms with E-state index >= 15 is 0 Å². The van der Waals surface area contributed by atoms with Crippen LogP contribution in [-0.2, 0) is 0 Å². The van der Waals surface area contributed by atoms with E-state index in [9.17, 15) is 0 Å². The predicted octanol–water partition coefficient (Wildman–Crippen LogP) is 1.64. The summed E-state index contributed by atoms with van der Waals surface area (Å²) in [6.07, 6.45) is 2.76. The maximum atomic E-state index is 3.87. The Morgan fingerprint density at radius 2 is 2.08 bits per heavy atom. The zero-order chi connectivity index (χ0) is 9.68. The Morgan fingerprint density at radius 3 is 2.62 bits per heavy atom. The van der Waals surface area contributed by atoms with Gasteiger partial charge >= 0.3 is 0 Å². The minimum Gasteiger partial charge on any atom is -0.311 e. The van der Waals surface area contributed by atoms with Crippen molar-refractivity contribution in [2.24, 2.45) is 0 Å². The molecule has 76 valence electrons. The van der Waals surface area contributed by atoms with Gasteiger partial charge < -0.3 is 5.32 Å². The van der Waals surface area contributed by atoms with Crippen LogP contribution >= 0.6 is 0 Å². The highest BCUT2D eigenvalue weighted by molar-refractivity contribution is 4.91. The van der Waals surface area contributed by atoms with E-state index in [0.717, 1.165) is 13.1 Å². The summed E-state index contributed by atoms with van der Waals surface area (Å²) in [4.78, 5) is 2.56. The molecule has 2 nitrogen and oxygen atoms in total. The van der Waals surface area contributed by atoms with Gasteiger partial charge in [-0.1, -0.05) is 12.2 Å². The van der Waals surface area contributed by atoms with Gasteiger partial charge in [-0.25, -0.2) is 0 Å². The van der Waals surface area contributed by atoms with E-state index in [1.807, 2.05) is 0 Å². The molecule has 0 bridgehead atoms. The molecule has 1 saturated heterocycles. The Balaban J connectivity index is 2.09. The molecule has 1 rings (SSSR count). The molecule has 1 fully saturated rings. The topological polar surface area (TPSA) is 15.3 Å². The van der Waals surface area contributed by atoms with E-state index in [1.54, 1.807) is 0 Å². The fourth-order valence-corrected chi connectivity index (χ4v) is 1.81. The summed E-state index contributed by atoms with van der Waals surface area (Å²) in [6, 6.07) is 0.682. The minimum atomic E-state index is 0.682. The molecule has 1 aliphatic rings. The summed E-state index contributed by atoms with van der Waals surface area (Å²) in [5.74, 6) is 0. The molecule has 13 heavy (non-hydrogen) atoms. The largest absolute Gasteiger partial charge is 0.311 e. The molecule has 0 aromatic carbocycles. The van der Waals surface area contributed by atoms with Gasteiger partial charge in [0, 0.05) is 19.1 Å². The lowest BCUT2D eigenvalue weighted by Gasteiger charge is -2.23. The molecule has 0 aromatic rings. The highest BCUT2D eigenvalue weighted by Crippen LogP contribution is 2.10. The van der Waals surface area contributed by atoms with Crippen LogP contribution in [0, 0.1) is 0 Å². The van der Waals surface area contributed by atoms with Crippen LogP contribution in [0.2, 0.25) is 0 Å². The SMILES string of the molecule is C=C(C)CNCC(C)N1CCCC1. The number of rotatable bonds is 5. The van der Waals surface area contributed by atoms with Gasteiger partial charge in [-0.3, -0.25) is 4.90 Å². The molecule has 1 aliphatic heterocycles. The van der Waals surface area contributed by atoms with Gasteiger partial charge in [0.05, 0.1) is 0 Å². The molecule has 2 heteroatoms. The fourth-order valence-electron chi connectivity index (χ4n) is 1.81. The van der Waals surface area contributed by atoms with Gasteiger partial charge in [0.1, 0.15) is 0 Å². The lowest BCUT2D eigenvalue weighted by atomic mass is 10.3. The summed E-state index contributed by atoms with van der Waals surface area (Å²) in [5, 5.41) is 3.42. The van der Waals surface area contributed by atoms with Crippen molar-refractivity contribution in [2.75, 3.05) is 26.2 Å². The van der Waals surface area contributed by atoms with Gasteiger partial charge in [-0.05, 0) is 39.8 Å². The molecule has 0 saturated carbocycles. The Kier molecular flexibility index (Phi) is 4.46. The average molecular weight is 182 g/mol. The normalized spacial score (nSPS) is 20.5. The van der Waals surface area contributed by atoms with Crippen molar-refractivity contribution in [1.82, 2.24) is 10.2 Å². The number of likely N-dealkylation sites (tertiary alicyclic amines) is 1. The quantitative estimate of drug-likeness (QED) is 0.650. The van der Waals surface area contributed by atoms with Crippen molar-refractivity contribution in [1.29, 1.82) is 0 Å². The standard InChI is InChI=1S/C11H22N2/c1-10(2)8-12-9-11(3)13-6-4-5-7-13/h11-12H,1,4-9H2,2-3H3. The minimum absolute atomic E-state index is 0.682. The number of hydrogen-bond donors (Lipinski definition) is 1. The second-order valence-corrected chi connectivity index (χ2v) is 4.18. The van der Waals surface area contributed by atoms with E-state index in [1.165, 1.54) is 31.5 Å². The van der Waals surface area contributed by atoms with E-state index in [0.29, 0.717) is 6.04 Å². The maximum absolute atomic E-state index is 3.87. The Hall–Kier alpha value is -0.340. The van der Waals surface area contributed by atoms with Crippen molar-refractivity contribution >= 4 is 0 Å². The molecule has 0 aliphatic carbocycles. The summed E-state index contributed by atoms with van der Waals surface area (Å²) in [6.45, 7) is 12.9. The van der Waals surface area contributed by atoms with E-state index in [2.05, 4.69) is 30.6 Å². The molecule has 0 spiro atoms. The van der Waals surface area contributed by atoms with Crippen LogP contribution in [-0.4, -0.2) is 37.1 Å². The van der Waals surface area contributed by atoms with Crippen LogP contribution in [0.25, 0.3) is 0 Å². The van der Waals surface area contributed by atoms with E-state index in [4.69, 9.17) is 0 Å². The average Bonchev–Trinajstić information content (AvgIpc) is 2.55. The molecule has 1 N–H and O–H groups in total. The smallest absolute Gasteiger partial charge is 0.0192 e. The molecule has 0 radical (unpaired) electrons. The second-order valence-electron chi connectivity index (χ2n) is 4.18. The highest BCUT2D eigenvalue weighted by atomic mass is 15.2.